The van der Waals surface area contributed by atoms with Gasteiger partial charge in [0.05, 0.1) is 4.90 Å². The number of thiazole rings is 1. The molecule has 3 rings (SSSR count). The van der Waals surface area contributed by atoms with Gasteiger partial charge in [-0.3, -0.25) is 4.79 Å². The molecule has 26 heavy (non-hydrogen) atoms. The average molecular weight is 387 g/mol. The lowest BCUT2D eigenvalue weighted by molar-refractivity contribution is 0.102. The third-order valence-electron chi connectivity index (χ3n) is 3.63. The summed E-state index contributed by atoms with van der Waals surface area (Å²) in [7, 11) is -0.645. The molecular weight excluding hydrogens is 370 g/mol. The highest BCUT2D eigenvalue weighted by Crippen LogP contribution is 2.24. The van der Waals surface area contributed by atoms with E-state index in [2.05, 4.69) is 10.3 Å². The van der Waals surface area contributed by atoms with Gasteiger partial charge in [0.1, 0.15) is 10.7 Å². The zero-order valence-corrected chi connectivity index (χ0v) is 15.8. The van der Waals surface area contributed by atoms with Gasteiger partial charge >= 0.3 is 0 Å². The van der Waals surface area contributed by atoms with Crippen LogP contribution < -0.4 is 5.32 Å². The maximum Gasteiger partial charge on any atom is 0.275 e. The fourth-order valence-electron chi connectivity index (χ4n) is 2.23. The van der Waals surface area contributed by atoms with E-state index in [1.807, 2.05) is 30.3 Å². The molecule has 0 spiro atoms. The first-order valence-corrected chi connectivity index (χ1v) is 10.0. The third-order valence-corrected chi connectivity index (χ3v) is 6.33. The van der Waals surface area contributed by atoms with Crippen molar-refractivity contribution < 1.29 is 13.2 Å². The lowest BCUT2D eigenvalue weighted by Crippen LogP contribution is -2.22. The summed E-state index contributed by atoms with van der Waals surface area (Å²) in [5, 5.41) is 5.13. The number of hydrogen-bond acceptors (Lipinski definition) is 5. The number of nitrogens with one attached hydrogen (secondary N) is 1. The molecule has 0 saturated heterocycles. The van der Waals surface area contributed by atoms with Crippen LogP contribution in [0, 0.1) is 0 Å². The van der Waals surface area contributed by atoms with Crippen LogP contribution in [0.1, 0.15) is 10.5 Å². The zero-order chi connectivity index (χ0) is 18.7. The van der Waals surface area contributed by atoms with Crippen LogP contribution >= 0.6 is 11.3 Å². The van der Waals surface area contributed by atoms with E-state index < -0.39 is 10.0 Å². The first-order chi connectivity index (χ1) is 12.4. The Morgan fingerprint density at radius 2 is 1.81 bits per heavy atom. The zero-order valence-electron chi connectivity index (χ0n) is 14.2. The molecule has 6 nitrogen and oxygen atoms in total. The number of nitrogens with zero attached hydrogens (tertiary/aromatic N) is 2. The summed E-state index contributed by atoms with van der Waals surface area (Å²) in [6, 6.07) is 15.7. The number of carbonyl (C=O) groups is 1. The van der Waals surface area contributed by atoms with E-state index in [0.29, 0.717) is 5.69 Å². The van der Waals surface area contributed by atoms with E-state index in [1.165, 1.54) is 37.6 Å². The molecule has 0 atom stereocenters. The quantitative estimate of drug-likeness (QED) is 0.728. The predicted octanol–water partition coefficient (Wildman–Crippen LogP) is 3.31. The van der Waals surface area contributed by atoms with Crippen LogP contribution in [0.25, 0.3) is 10.6 Å². The third kappa shape index (κ3) is 3.82. The monoisotopic (exact) mass is 387 g/mol. The van der Waals surface area contributed by atoms with Crippen LogP contribution in [0.4, 0.5) is 5.69 Å². The summed E-state index contributed by atoms with van der Waals surface area (Å²) in [5.41, 5.74) is 1.62. The largest absolute Gasteiger partial charge is 0.321 e. The van der Waals surface area contributed by atoms with E-state index in [0.717, 1.165) is 14.9 Å². The summed E-state index contributed by atoms with van der Waals surface area (Å²) in [4.78, 5) is 16.9. The molecule has 0 fully saturated rings. The van der Waals surface area contributed by atoms with Gasteiger partial charge in [0.2, 0.25) is 10.0 Å². The second-order valence-corrected chi connectivity index (χ2v) is 8.68. The first kappa shape index (κ1) is 18.2. The van der Waals surface area contributed by atoms with Crippen LogP contribution in [-0.4, -0.2) is 37.7 Å². The summed E-state index contributed by atoms with van der Waals surface area (Å²) in [6.07, 6.45) is 0. The van der Waals surface area contributed by atoms with Crippen LogP contribution in [0.5, 0.6) is 0 Å². The smallest absolute Gasteiger partial charge is 0.275 e. The fourth-order valence-corrected chi connectivity index (χ4v) is 3.99. The molecule has 0 unspecified atom stereocenters. The van der Waals surface area contributed by atoms with Gasteiger partial charge in [0.25, 0.3) is 5.91 Å². The SMILES string of the molecule is CN(C)S(=O)(=O)c1cccc(NC(=O)c2csc(-c3ccccc3)n2)c1. The van der Waals surface area contributed by atoms with Crippen molar-refractivity contribution in [1.29, 1.82) is 0 Å². The van der Waals surface area contributed by atoms with E-state index in [4.69, 9.17) is 0 Å². The highest BCUT2D eigenvalue weighted by atomic mass is 32.2. The second kappa shape index (κ2) is 7.36. The van der Waals surface area contributed by atoms with Crippen molar-refractivity contribution in [2.45, 2.75) is 4.90 Å². The molecule has 1 amide bonds. The summed E-state index contributed by atoms with van der Waals surface area (Å²) < 4.78 is 25.5. The number of carbonyl (C=O) groups excluding carboxylic acids is 1. The van der Waals surface area contributed by atoms with Gasteiger partial charge in [-0.05, 0) is 18.2 Å². The molecule has 3 aromatic rings. The normalized spacial score (nSPS) is 11.5. The van der Waals surface area contributed by atoms with Crippen LogP contribution in [-0.2, 0) is 10.0 Å². The van der Waals surface area contributed by atoms with Crippen molar-refractivity contribution in [3.8, 4) is 10.6 Å². The van der Waals surface area contributed by atoms with Gasteiger partial charge in [-0.15, -0.1) is 11.3 Å². The number of benzene rings is 2. The summed E-state index contributed by atoms with van der Waals surface area (Å²) >= 11 is 1.38. The molecule has 0 radical (unpaired) electrons. The van der Waals surface area contributed by atoms with Gasteiger partial charge in [-0.2, -0.15) is 0 Å². The van der Waals surface area contributed by atoms with Crippen molar-refractivity contribution in [2.75, 3.05) is 19.4 Å². The molecule has 2 aromatic carbocycles. The topological polar surface area (TPSA) is 79.4 Å². The number of sulfonamides is 1. The Morgan fingerprint density at radius 3 is 2.50 bits per heavy atom. The molecule has 1 N–H and O–H groups in total. The van der Waals surface area contributed by atoms with Gasteiger partial charge in [-0.1, -0.05) is 36.4 Å². The van der Waals surface area contributed by atoms with Gasteiger partial charge in [0, 0.05) is 30.7 Å². The Kier molecular flexibility index (Phi) is 5.17. The molecule has 0 aliphatic heterocycles. The average Bonchev–Trinajstić information content (AvgIpc) is 3.13. The van der Waals surface area contributed by atoms with Crippen LogP contribution in [0.3, 0.4) is 0 Å². The molecule has 8 heteroatoms. The Labute approximate surface area is 156 Å². The molecule has 0 saturated carbocycles. The highest BCUT2D eigenvalue weighted by molar-refractivity contribution is 7.89. The highest BCUT2D eigenvalue weighted by Gasteiger charge is 2.18. The molecular formula is C18H17N3O3S2. The number of aromatic nitrogens is 1. The van der Waals surface area contributed by atoms with Crippen molar-refractivity contribution >= 4 is 33.0 Å². The molecule has 1 aromatic heterocycles. The van der Waals surface area contributed by atoms with Gasteiger partial charge in [0.15, 0.2) is 0 Å². The molecule has 0 aliphatic carbocycles. The van der Waals surface area contributed by atoms with E-state index in [-0.39, 0.29) is 16.5 Å². The first-order valence-electron chi connectivity index (χ1n) is 7.73. The molecule has 134 valence electrons. The number of rotatable bonds is 5. The van der Waals surface area contributed by atoms with Gasteiger partial charge in [-0.25, -0.2) is 17.7 Å². The Hall–Kier alpha value is -2.55. The predicted molar refractivity (Wildman–Crippen MR) is 103 cm³/mol. The lowest BCUT2D eigenvalue weighted by Gasteiger charge is -2.12. The van der Waals surface area contributed by atoms with Crippen molar-refractivity contribution in [3.63, 3.8) is 0 Å². The Bertz CT molecular complexity index is 1030. The number of hydrogen-bond donors (Lipinski definition) is 1. The van der Waals surface area contributed by atoms with E-state index >= 15 is 0 Å². The maximum atomic E-state index is 12.4. The standard InChI is InChI=1S/C18H17N3O3S2/c1-21(2)26(23,24)15-10-6-9-14(11-15)19-17(22)16-12-25-18(20-16)13-7-4-3-5-8-13/h3-12H,1-2H3,(H,19,22). The van der Waals surface area contributed by atoms with Crippen LogP contribution in [0.2, 0.25) is 0 Å². The number of amides is 1. The van der Waals surface area contributed by atoms with Crippen molar-refractivity contribution in [1.82, 2.24) is 9.29 Å². The summed E-state index contributed by atoms with van der Waals surface area (Å²) in [5.74, 6) is -0.386. The van der Waals surface area contributed by atoms with Gasteiger partial charge < -0.3 is 5.32 Å². The number of anilines is 1. The molecule has 0 bridgehead atoms. The maximum absolute atomic E-state index is 12.4. The second-order valence-electron chi connectivity index (χ2n) is 5.67. The minimum absolute atomic E-state index is 0.114. The Morgan fingerprint density at radius 1 is 1.08 bits per heavy atom. The minimum atomic E-state index is -3.56. The lowest BCUT2D eigenvalue weighted by atomic mass is 10.2. The van der Waals surface area contributed by atoms with Crippen LogP contribution in [0.15, 0.2) is 64.9 Å². The van der Waals surface area contributed by atoms with Crippen molar-refractivity contribution in [2.24, 2.45) is 0 Å². The van der Waals surface area contributed by atoms with E-state index in [1.54, 1.807) is 17.5 Å². The van der Waals surface area contributed by atoms with Crippen molar-refractivity contribution in [3.05, 3.63) is 65.7 Å². The fraction of sp³-hybridized carbons (Fsp3) is 0.111. The molecule has 0 aliphatic rings. The summed E-state index contributed by atoms with van der Waals surface area (Å²) in [6.45, 7) is 0. The minimum Gasteiger partial charge on any atom is -0.321 e. The van der Waals surface area contributed by atoms with E-state index in [9.17, 15) is 13.2 Å². The Balaban J connectivity index is 1.80. The molecule has 1 heterocycles.